The van der Waals surface area contributed by atoms with Gasteiger partial charge in [-0.1, -0.05) is 60.7 Å². The third-order valence-electron chi connectivity index (χ3n) is 15.7. The molecule has 9 heteroatoms. The molecule has 8 fully saturated rings. The molecule has 1 atom stereocenters. The average Bonchev–Trinajstić information content (AvgIpc) is 3.21. The molecule has 8 saturated carbocycles. The number of hydrogen-bond acceptors (Lipinski definition) is 7. The van der Waals surface area contributed by atoms with Crippen LogP contribution in [0.4, 0.5) is 11.4 Å². The smallest absolute Gasteiger partial charge is 0.238 e. The van der Waals surface area contributed by atoms with Gasteiger partial charge in [-0.3, -0.25) is 20.3 Å². The van der Waals surface area contributed by atoms with E-state index in [9.17, 15) is 9.59 Å². The third kappa shape index (κ3) is 11.1. The van der Waals surface area contributed by atoms with E-state index in [1.807, 2.05) is 24.3 Å². The lowest BCUT2D eigenvalue weighted by Gasteiger charge is -2.57. The maximum Gasteiger partial charge on any atom is 0.238 e. The summed E-state index contributed by atoms with van der Waals surface area (Å²) in [6.45, 7) is 4.52. The van der Waals surface area contributed by atoms with Gasteiger partial charge in [0.25, 0.3) is 0 Å². The number of carbonyl (C=O) groups is 2. The van der Waals surface area contributed by atoms with E-state index in [1.54, 1.807) is 0 Å². The molecule has 2 amide bonds. The summed E-state index contributed by atoms with van der Waals surface area (Å²) in [4.78, 5) is 26.0. The van der Waals surface area contributed by atoms with Crippen LogP contribution in [0.2, 0.25) is 0 Å². The summed E-state index contributed by atoms with van der Waals surface area (Å²) in [5.41, 5.74) is 8.83. The van der Waals surface area contributed by atoms with Gasteiger partial charge < -0.3 is 21.3 Å². The second-order valence-electron chi connectivity index (χ2n) is 20.7. The van der Waals surface area contributed by atoms with Crippen molar-refractivity contribution >= 4 is 23.2 Å². The second kappa shape index (κ2) is 19.2. The van der Waals surface area contributed by atoms with Gasteiger partial charge in [0.05, 0.1) is 19.8 Å². The van der Waals surface area contributed by atoms with Gasteiger partial charge >= 0.3 is 0 Å². The molecule has 0 aromatic heterocycles. The molecular formula is C51H71N7O2. The minimum Gasteiger partial charge on any atom is -0.325 e. The first-order chi connectivity index (χ1) is 29.3. The maximum absolute atomic E-state index is 13.0. The molecule has 322 valence electrons. The second-order valence-corrected chi connectivity index (χ2v) is 20.7. The van der Waals surface area contributed by atoms with Crippen LogP contribution >= 0.6 is 0 Å². The molecule has 9 nitrogen and oxygen atoms in total. The molecule has 11 rings (SSSR count). The molecule has 8 aliphatic carbocycles. The molecule has 3 aromatic carbocycles. The number of nitrogens with zero attached hydrogens (tertiary/aromatic N) is 1. The molecule has 0 unspecified atom stereocenters. The number of carbonyl (C=O) groups excluding carboxylic acids is 2. The van der Waals surface area contributed by atoms with E-state index >= 15 is 0 Å². The molecular weight excluding hydrogens is 743 g/mol. The Morgan fingerprint density at radius 3 is 1.52 bits per heavy atom. The van der Waals surface area contributed by atoms with Crippen LogP contribution in [0.25, 0.3) is 0 Å². The highest BCUT2D eigenvalue weighted by Crippen LogP contribution is 2.62. The van der Waals surface area contributed by atoms with Gasteiger partial charge in [-0.2, -0.15) is 0 Å². The first-order valence-electron chi connectivity index (χ1n) is 23.7. The van der Waals surface area contributed by atoms with E-state index in [4.69, 9.17) is 0 Å². The van der Waals surface area contributed by atoms with Crippen LogP contribution < -0.4 is 32.0 Å². The van der Waals surface area contributed by atoms with Crippen molar-refractivity contribution in [1.29, 1.82) is 0 Å². The summed E-state index contributed by atoms with van der Waals surface area (Å²) in [6, 6.07) is 28.9. The van der Waals surface area contributed by atoms with Crippen LogP contribution in [-0.4, -0.2) is 62.3 Å². The Morgan fingerprint density at radius 2 is 1.02 bits per heavy atom. The van der Waals surface area contributed by atoms with Crippen molar-refractivity contribution in [3.63, 3.8) is 0 Å². The maximum atomic E-state index is 13.0. The SMILES string of the molecule is O=C(CNC[C@H](Cc1ccccc1)NCCC12CC3CC(CC(C3)C1)C2)Nc1ccc(NC(=O)CNCN(Cc2ccccc2)NCCC23CC4CC(CC(C4)C2)C3)cc1. The van der Waals surface area contributed by atoms with Crippen molar-refractivity contribution in [3.05, 3.63) is 96.1 Å². The predicted molar refractivity (Wildman–Crippen MR) is 242 cm³/mol. The van der Waals surface area contributed by atoms with Gasteiger partial charge in [-0.05, 0) is 185 Å². The zero-order valence-electron chi connectivity index (χ0n) is 35.9. The normalized spacial score (nSPS) is 30.1. The lowest BCUT2D eigenvalue weighted by molar-refractivity contribution is -0.116. The Kier molecular flexibility index (Phi) is 13.4. The van der Waals surface area contributed by atoms with E-state index in [-0.39, 0.29) is 30.9 Å². The van der Waals surface area contributed by atoms with Gasteiger partial charge in [-0.25, -0.2) is 5.01 Å². The van der Waals surface area contributed by atoms with E-state index in [1.165, 1.54) is 101 Å². The molecule has 8 bridgehead atoms. The molecule has 6 N–H and O–H groups in total. The number of amides is 2. The Morgan fingerprint density at radius 1 is 0.567 bits per heavy atom. The topological polar surface area (TPSA) is 110 Å². The quantitative estimate of drug-likeness (QED) is 0.0450. The number of nitrogens with one attached hydrogen (secondary N) is 6. The van der Waals surface area contributed by atoms with Gasteiger partial charge in [0.2, 0.25) is 11.8 Å². The standard InChI is InChI=1S/C51H71N7O2/c59-48(33-52-32-47(25-37-7-3-1-4-8-37)54-17-15-50-26-39-19-40(27-50)21-41(20-39)28-50)56-45-11-13-46(14-12-45)57-49(60)34-53-36-58(35-38-9-5-2-6-10-38)55-18-16-51-29-42-22-43(30-51)24-44(23-42)31-51/h1-14,39-44,47,52-55H,15-36H2,(H,56,59)(H,57,60)/t39?,40?,41?,42?,43?,44?,47-,50?,51?/m0/s1. The zero-order valence-corrected chi connectivity index (χ0v) is 35.9. The molecule has 0 heterocycles. The van der Waals surface area contributed by atoms with E-state index in [2.05, 4.69) is 97.7 Å². The molecule has 60 heavy (non-hydrogen) atoms. The summed E-state index contributed by atoms with van der Waals surface area (Å²) in [5, 5.41) is 19.0. The number of hydrazine groups is 1. The van der Waals surface area contributed by atoms with Crippen LogP contribution in [0.5, 0.6) is 0 Å². The molecule has 0 radical (unpaired) electrons. The van der Waals surface area contributed by atoms with Crippen LogP contribution in [-0.2, 0) is 22.6 Å². The fraction of sp³-hybridized carbons (Fsp3) is 0.608. The van der Waals surface area contributed by atoms with Crippen molar-refractivity contribution < 1.29 is 9.59 Å². The van der Waals surface area contributed by atoms with Gasteiger partial charge in [0.15, 0.2) is 0 Å². The lowest BCUT2D eigenvalue weighted by Crippen LogP contribution is -2.49. The Hall–Kier alpha value is -3.60. The van der Waals surface area contributed by atoms with Gasteiger partial charge in [0.1, 0.15) is 0 Å². The lowest BCUT2D eigenvalue weighted by atomic mass is 9.49. The highest BCUT2D eigenvalue weighted by molar-refractivity contribution is 5.94. The van der Waals surface area contributed by atoms with Crippen LogP contribution in [0.1, 0.15) is 101 Å². The predicted octanol–water partition coefficient (Wildman–Crippen LogP) is 8.12. The number of rotatable bonds is 22. The summed E-state index contributed by atoms with van der Waals surface area (Å²) in [5.74, 6) is 5.68. The first-order valence-corrected chi connectivity index (χ1v) is 23.7. The highest BCUT2D eigenvalue weighted by Gasteiger charge is 2.51. The fourth-order valence-corrected chi connectivity index (χ4v) is 14.0. The summed E-state index contributed by atoms with van der Waals surface area (Å²) in [6.07, 6.45) is 21.0. The fourth-order valence-electron chi connectivity index (χ4n) is 14.0. The third-order valence-corrected chi connectivity index (χ3v) is 15.7. The van der Waals surface area contributed by atoms with Gasteiger partial charge in [0, 0.05) is 37.1 Å². The molecule has 0 saturated heterocycles. The van der Waals surface area contributed by atoms with Crippen LogP contribution in [0.3, 0.4) is 0 Å². The van der Waals surface area contributed by atoms with Crippen LogP contribution in [0, 0.1) is 46.3 Å². The van der Waals surface area contributed by atoms with E-state index in [0.29, 0.717) is 28.9 Å². The number of benzene rings is 3. The molecule has 3 aromatic rings. The minimum absolute atomic E-state index is 0.0744. The summed E-state index contributed by atoms with van der Waals surface area (Å²) in [7, 11) is 0. The van der Waals surface area contributed by atoms with Crippen molar-refractivity contribution in [2.24, 2.45) is 46.3 Å². The van der Waals surface area contributed by atoms with E-state index < -0.39 is 0 Å². The van der Waals surface area contributed by atoms with Crippen molar-refractivity contribution in [3.8, 4) is 0 Å². The largest absolute Gasteiger partial charge is 0.325 e. The van der Waals surface area contributed by atoms with Crippen molar-refractivity contribution in [1.82, 2.24) is 26.4 Å². The number of hydrogen-bond donors (Lipinski definition) is 6. The molecule has 0 aliphatic heterocycles. The summed E-state index contributed by atoms with van der Waals surface area (Å²) >= 11 is 0. The number of anilines is 2. The molecule has 0 spiro atoms. The van der Waals surface area contributed by atoms with Gasteiger partial charge in [-0.15, -0.1) is 0 Å². The Balaban J connectivity index is 0.691. The Bertz CT molecular complexity index is 1650. The van der Waals surface area contributed by atoms with Crippen molar-refractivity contribution in [2.75, 3.05) is 50.0 Å². The van der Waals surface area contributed by atoms with Crippen molar-refractivity contribution in [2.45, 2.75) is 109 Å². The molecule has 8 aliphatic rings. The zero-order chi connectivity index (χ0) is 40.8. The average molecular weight is 814 g/mol. The summed E-state index contributed by atoms with van der Waals surface area (Å²) < 4.78 is 0. The highest BCUT2D eigenvalue weighted by atomic mass is 16.2. The van der Waals surface area contributed by atoms with E-state index in [0.717, 1.165) is 68.1 Å². The monoisotopic (exact) mass is 814 g/mol. The first kappa shape index (κ1) is 41.7. The minimum atomic E-state index is -0.0965. The van der Waals surface area contributed by atoms with Crippen LogP contribution in [0.15, 0.2) is 84.9 Å². The Labute approximate surface area is 359 Å².